The number of nitrogens with one attached hydrogen (secondary N) is 2. The van der Waals surface area contributed by atoms with Crippen molar-refractivity contribution in [2.24, 2.45) is 0 Å². The zero-order valence-corrected chi connectivity index (χ0v) is 16.1. The predicted molar refractivity (Wildman–Crippen MR) is 101 cm³/mol. The molecule has 3 rings (SSSR count). The van der Waals surface area contributed by atoms with Crippen LogP contribution in [0.25, 0.3) is 0 Å². The second kappa shape index (κ2) is 9.46. The molecule has 7 heteroatoms. The molecule has 2 amide bonds. The first-order valence-corrected chi connectivity index (χ1v) is 11.0. The highest BCUT2D eigenvalue weighted by Crippen LogP contribution is 2.33. The third-order valence-corrected chi connectivity index (χ3v) is 6.05. The fourth-order valence-electron chi connectivity index (χ4n) is 4.08. The molecule has 25 heavy (non-hydrogen) atoms. The van der Waals surface area contributed by atoms with E-state index in [1.165, 1.54) is 44.9 Å². The maximum absolute atomic E-state index is 12.0. The van der Waals surface area contributed by atoms with Crippen molar-refractivity contribution in [2.45, 2.75) is 87.9 Å². The Kier molecular flexibility index (Phi) is 7.02. The van der Waals surface area contributed by atoms with Crippen molar-refractivity contribution in [3.8, 4) is 0 Å². The minimum absolute atomic E-state index is 0.0195. The fourth-order valence-corrected chi connectivity index (χ4v) is 4.65. The number of carbonyl (C=O) groups is 1. The number of nitrogens with zero attached hydrogens (tertiary/aromatic N) is 3. The van der Waals surface area contributed by atoms with Crippen LogP contribution in [-0.2, 0) is 6.42 Å². The number of aryl methyl sites for hydroxylation is 1. The van der Waals surface area contributed by atoms with Crippen molar-refractivity contribution >= 4 is 17.8 Å². The summed E-state index contributed by atoms with van der Waals surface area (Å²) in [5, 5.41) is 15.9. The quantitative estimate of drug-likeness (QED) is 0.571. The number of aromatic nitrogens is 3. The molecule has 0 spiro atoms. The Morgan fingerprint density at radius 2 is 1.84 bits per heavy atom. The number of carbonyl (C=O) groups excluding carboxylic acids is 1. The maximum atomic E-state index is 12.0. The molecule has 0 bridgehead atoms. The smallest absolute Gasteiger partial charge is 0.315 e. The topological polar surface area (TPSA) is 71.8 Å². The molecule has 0 aliphatic heterocycles. The molecule has 140 valence electrons. The van der Waals surface area contributed by atoms with Crippen LogP contribution in [0.15, 0.2) is 5.16 Å². The SMILES string of the molecule is CSc1nnc(CCCNC(=O)NC2CCCCC2)n1C1CCCC1. The standard InChI is InChI=1S/C18H31N5OS/c1-25-18-22-21-16(23(18)15-10-5-6-11-15)12-7-13-19-17(24)20-14-8-3-2-4-9-14/h14-15H,2-13H2,1H3,(H2,19,20,24). The highest BCUT2D eigenvalue weighted by Gasteiger charge is 2.23. The summed E-state index contributed by atoms with van der Waals surface area (Å²) in [5.74, 6) is 1.07. The van der Waals surface area contributed by atoms with Gasteiger partial charge in [-0.2, -0.15) is 0 Å². The minimum Gasteiger partial charge on any atom is -0.338 e. The Morgan fingerprint density at radius 1 is 1.12 bits per heavy atom. The molecule has 2 N–H and O–H groups in total. The maximum Gasteiger partial charge on any atom is 0.315 e. The molecule has 1 heterocycles. The number of hydrogen-bond acceptors (Lipinski definition) is 4. The number of urea groups is 1. The van der Waals surface area contributed by atoms with E-state index in [2.05, 4.69) is 31.7 Å². The van der Waals surface area contributed by atoms with Gasteiger partial charge in [0.05, 0.1) is 0 Å². The van der Waals surface area contributed by atoms with E-state index in [9.17, 15) is 4.79 Å². The summed E-state index contributed by atoms with van der Waals surface area (Å²) in [6.07, 6.45) is 14.9. The molecule has 1 aromatic heterocycles. The van der Waals surface area contributed by atoms with Crippen LogP contribution in [0.5, 0.6) is 0 Å². The molecule has 2 saturated carbocycles. The van der Waals surface area contributed by atoms with E-state index in [0.29, 0.717) is 18.6 Å². The van der Waals surface area contributed by atoms with Gasteiger partial charge in [0.15, 0.2) is 5.16 Å². The number of amides is 2. The lowest BCUT2D eigenvalue weighted by atomic mass is 9.96. The van der Waals surface area contributed by atoms with Gasteiger partial charge in [-0.3, -0.25) is 0 Å². The Labute approximate surface area is 154 Å². The highest BCUT2D eigenvalue weighted by atomic mass is 32.2. The summed E-state index contributed by atoms with van der Waals surface area (Å²) in [6, 6.07) is 0.910. The Morgan fingerprint density at radius 3 is 2.56 bits per heavy atom. The molecule has 0 atom stereocenters. The molecule has 0 unspecified atom stereocenters. The van der Waals surface area contributed by atoms with Gasteiger partial charge in [-0.1, -0.05) is 43.9 Å². The third kappa shape index (κ3) is 5.12. The van der Waals surface area contributed by atoms with Crippen molar-refractivity contribution in [3.63, 3.8) is 0 Å². The lowest BCUT2D eigenvalue weighted by Gasteiger charge is -2.22. The first-order chi connectivity index (χ1) is 12.3. The van der Waals surface area contributed by atoms with Gasteiger partial charge < -0.3 is 15.2 Å². The zero-order chi connectivity index (χ0) is 17.5. The summed E-state index contributed by atoms with van der Waals surface area (Å²) >= 11 is 1.68. The van der Waals surface area contributed by atoms with E-state index >= 15 is 0 Å². The van der Waals surface area contributed by atoms with Crippen molar-refractivity contribution in [1.29, 1.82) is 0 Å². The van der Waals surface area contributed by atoms with Crippen molar-refractivity contribution in [2.75, 3.05) is 12.8 Å². The fraction of sp³-hybridized carbons (Fsp3) is 0.833. The van der Waals surface area contributed by atoms with Crippen molar-refractivity contribution < 1.29 is 4.79 Å². The zero-order valence-electron chi connectivity index (χ0n) is 15.3. The minimum atomic E-state index is -0.0195. The molecule has 1 aromatic rings. The number of thioether (sulfide) groups is 1. The average molecular weight is 366 g/mol. The van der Waals surface area contributed by atoms with Crippen LogP contribution in [0.2, 0.25) is 0 Å². The van der Waals surface area contributed by atoms with Gasteiger partial charge in [0.1, 0.15) is 5.82 Å². The van der Waals surface area contributed by atoms with Crippen LogP contribution >= 0.6 is 11.8 Å². The highest BCUT2D eigenvalue weighted by molar-refractivity contribution is 7.98. The molecule has 0 radical (unpaired) electrons. The molecule has 6 nitrogen and oxygen atoms in total. The van der Waals surface area contributed by atoms with Crippen molar-refractivity contribution in [1.82, 2.24) is 25.4 Å². The lowest BCUT2D eigenvalue weighted by Crippen LogP contribution is -2.43. The normalized spacial score (nSPS) is 19.2. The monoisotopic (exact) mass is 365 g/mol. The van der Waals surface area contributed by atoms with Gasteiger partial charge in [0.2, 0.25) is 0 Å². The molecular formula is C18H31N5OS. The molecular weight excluding hydrogens is 334 g/mol. The summed E-state index contributed by atoms with van der Waals surface area (Å²) in [4.78, 5) is 12.0. The lowest BCUT2D eigenvalue weighted by molar-refractivity contribution is 0.232. The molecule has 0 saturated heterocycles. The molecule has 2 fully saturated rings. The largest absolute Gasteiger partial charge is 0.338 e. The first-order valence-electron chi connectivity index (χ1n) is 9.80. The predicted octanol–water partition coefficient (Wildman–Crippen LogP) is 3.68. The third-order valence-electron chi connectivity index (χ3n) is 5.41. The van der Waals surface area contributed by atoms with E-state index in [1.54, 1.807) is 11.8 Å². The Balaban J connectivity index is 1.42. The van der Waals surface area contributed by atoms with E-state index in [4.69, 9.17) is 0 Å². The van der Waals surface area contributed by atoms with Crippen molar-refractivity contribution in [3.05, 3.63) is 5.82 Å². The Hall–Kier alpha value is -1.24. The van der Waals surface area contributed by atoms with Gasteiger partial charge in [0, 0.05) is 25.0 Å². The van der Waals surface area contributed by atoms with E-state index < -0.39 is 0 Å². The average Bonchev–Trinajstić information content (AvgIpc) is 3.28. The van der Waals surface area contributed by atoms with Crippen LogP contribution < -0.4 is 10.6 Å². The van der Waals surface area contributed by atoms with Crippen LogP contribution in [0.1, 0.15) is 76.1 Å². The van der Waals surface area contributed by atoms with E-state index in [1.807, 2.05) is 0 Å². The number of hydrogen-bond donors (Lipinski definition) is 2. The van der Waals surface area contributed by atoms with Gasteiger partial charge in [-0.05, 0) is 38.4 Å². The molecule has 2 aliphatic carbocycles. The summed E-state index contributed by atoms with van der Waals surface area (Å²) < 4.78 is 2.35. The van der Waals surface area contributed by atoms with Gasteiger partial charge >= 0.3 is 6.03 Å². The first kappa shape index (κ1) is 18.5. The summed E-state index contributed by atoms with van der Waals surface area (Å²) in [6.45, 7) is 0.685. The second-order valence-corrected chi connectivity index (χ2v) is 8.02. The second-order valence-electron chi connectivity index (χ2n) is 7.25. The summed E-state index contributed by atoms with van der Waals surface area (Å²) in [5.41, 5.74) is 0. The summed E-state index contributed by atoms with van der Waals surface area (Å²) in [7, 11) is 0. The van der Waals surface area contributed by atoms with Crippen LogP contribution in [-0.4, -0.2) is 39.6 Å². The van der Waals surface area contributed by atoms with E-state index in [0.717, 1.165) is 36.7 Å². The Bertz CT molecular complexity index is 550. The van der Waals surface area contributed by atoms with Crippen LogP contribution in [0, 0.1) is 0 Å². The van der Waals surface area contributed by atoms with E-state index in [-0.39, 0.29) is 6.03 Å². The van der Waals surface area contributed by atoms with Gasteiger partial charge in [-0.15, -0.1) is 10.2 Å². The molecule has 0 aromatic carbocycles. The van der Waals surface area contributed by atoms with Crippen LogP contribution in [0.3, 0.4) is 0 Å². The molecule has 2 aliphatic rings. The van der Waals surface area contributed by atoms with Gasteiger partial charge in [0.25, 0.3) is 0 Å². The van der Waals surface area contributed by atoms with Gasteiger partial charge in [-0.25, -0.2) is 4.79 Å². The van der Waals surface area contributed by atoms with Crippen LogP contribution in [0.4, 0.5) is 4.79 Å². The number of rotatable bonds is 7.